The van der Waals surface area contributed by atoms with Crippen LogP contribution in [0.4, 0.5) is 5.13 Å². The molecule has 8 heteroatoms. The number of aryl methyl sites for hydroxylation is 2. The lowest BCUT2D eigenvalue weighted by atomic mass is 10.1. The van der Waals surface area contributed by atoms with E-state index in [0.717, 1.165) is 44.7 Å². The molecular formula is C24H32ClN3O2S2. The van der Waals surface area contributed by atoms with Crippen LogP contribution in [0.25, 0.3) is 10.2 Å². The van der Waals surface area contributed by atoms with E-state index in [-0.39, 0.29) is 18.3 Å². The van der Waals surface area contributed by atoms with Crippen molar-refractivity contribution in [2.45, 2.75) is 31.6 Å². The third-order valence-corrected chi connectivity index (χ3v) is 7.21. The molecule has 0 unspecified atom stereocenters. The average molecular weight is 494 g/mol. The zero-order chi connectivity index (χ0) is 22.4. The first kappa shape index (κ1) is 26.5. The van der Waals surface area contributed by atoms with Gasteiger partial charge in [0.1, 0.15) is 5.75 Å². The summed E-state index contributed by atoms with van der Waals surface area (Å²) in [6.45, 7) is 5.84. The van der Waals surface area contributed by atoms with Gasteiger partial charge in [-0.05, 0) is 88.4 Å². The number of carbonyl (C=O) groups is 1. The molecule has 0 aliphatic heterocycles. The molecule has 0 saturated carbocycles. The minimum absolute atomic E-state index is 0. The highest BCUT2D eigenvalue weighted by Gasteiger charge is 2.20. The van der Waals surface area contributed by atoms with Crippen LogP contribution in [-0.4, -0.2) is 55.8 Å². The van der Waals surface area contributed by atoms with Crippen LogP contribution in [0.2, 0.25) is 0 Å². The minimum atomic E-state index is 0. The molecule has 1 amide bonds. The van der Waals surface area contributed by atoms with Crippen LogP contribution in [-0.2, 0) is 4.79 Å². The van der Waals surface area contributed by atoms with Gasteiger partial charge in [0.15, 0.2) is 5.13 Å². The molecular weight excluding hydrogens is 462 g/mol. The number of thioether (sulfide) groups is 1. The third kappa shape index (κ3) is 7.10. The van der Waals surface area contributed by atoms with Gasteiger partial charge >= 0.3 is 0 Å². The number of rotatable bonds is 10. The maximum Gasteiger partial charge on any atom is 0.229 e. The summed E-state index contributed by atoms with van der Waals surface area (Å²) < 4.78 is 6.34. The number of nitrogens with zero attached hydrogens (tertiary/aromatic N) is 3. The molecule has 3 rings (SSSR count). The number of amides is 1. The Balaban J connectivity index is 0.00000363. The normalized spacial score (nSPS) is 10.9. The minimum Gasteiger partial charge on any atom is -0.497 e. The summed E-state index contributed by atoms with van der Waals surface area (Å²) in [5.74, 6) is 1.71. The molecule has 0 aliphatic carbocycles. The van der Waals surface area contributed by atoms with E-state index < -0.39 is 0 Å². The molecule has 0 N–H and O–H groups in total. The number of halogens is 1. The summed E-state index contributed by atoms with van der Waals surface area (Å²) in [6, 6.07) is 12.2. The molecule has 174 valence electrons. The van der Waals surface area contributed by atoms with Crippen molar-refractivity contribution in [3.05, 3.63) is 47.5 Å². The Morgan fingerprint density at radius 3 is 2.44 bits per heavy atom. The molecule has 0 atom stereocenters. The Kier molecular flexibility index (Phi) is 10.3. The topological polar surface area (TPSA) is 45.7 Å². The summed E-state index contributed by atoms with van der Waals surface area (Å²) in [7, 11) is 5.78. The number of ether oxygens (including phenoxy) is 1. The summed E-state index contributed by atoms with van der Waals surface area (Å²) >= 11 is 3.30. The summed E-state index contributed by atoms with van der Waals surface area (Å²) in [5.41, 5.74) is 3.45. The number of methoxy groups -OCH3 is 1. The van der Waals surface area contributed by atoms with Gasteiger partial charge in [0.2, 0.25) is 5.91 Å². The van der Waals surface area contributed by atoms with E-state index in [2.05, 4.69) is 45.0 Å². The van der Waals surface area contributed by atoms with Gasteiger partial charge in [-0.1, -0.05) is 11.3 Å². The Hall–Kier alpha value is -1.80. The van der Waals surface area contributed by atoms with Gasteiger partial charge in [-0.25, -0.2) is 4.98 Å². The maximum atomic E-state index is 13.2. The van der Waals surface area contributed by atoms with E-state index in [1.54, 1.807) is 30.2 Å². The number of thiazole rings is 1. The summed E-state index contributed by atoms with van der Waals surface area (Å²) in [6.07, 6.45) is 1.39. The first-order valence-corrected chi connectivity index (χ1v) is 12.3. The lowest BCUT2D eigenvalue weighted by Crippen LogP contribution is -2.33. The maximum absolute atomic E-state index is 13.2. The van der Waals surface area contributed by atoms with E-state index in [0.29, 0.717) is 13.0 Å². The quantitative estimate of drug-likeness (QED) is 0.333. The molecule has 0 bridgehead atoms. The predicted molar refractivity (Wildman–Crippen MR) is 140 cm³/mol. The van der Waals surface area contributed by atoms with Crippen LogP contribution in [0.15, 0.2) is 41.3 Å². The zero-order valence-corrected chi connectivity index (χ0v) is 21.8. The average Bonchev–Trinajstić information content (AvgIpc) is 3.13. The molecule has 32 heavy (non-hydrogen) atoms. The number of fused-ring (bicyclic) bond motifs is 1. The van der Waals surface area contributed by atoms with Crippen molar-refractivity contribution in [2.24, 2.45) is 0 Å². The molecule has 0 fully saturated rings. The molecule has 5 nitrogen and oxygen atoms in total. The molecule has 0 aliphatic rings. The highest BCUT2D eigenvalue weighted by atomic mass is 35.5. The molecule has 0 spiro atoms. The molecule has 1 heterocycles. The van der Waals surface area contributed by atoms with Crippen LogP contribution in [0.5, 0.6) is 5.75 Å². The molecule has 1 aromatic heterocycles. The summed E-state index contributed by atoms with van der Waals surface area (Å²) in [5, 5.41) is 0.804. The van der Waals surface area contributed by atoms with E-state index in [9.17, 15) is 4.79 Å². The van der Waals surface area contributed by atoms with Crippen LogP contribution < -0.4 is 9.64 Å². The number of hydrogen-bond acceptors (Lipinski definition) is 6. The second kappa shape index (κ2) is 12.4. The standard InChI is InChI=1S/C24H31N3O2S2.ClH/c1-17-15-21-22(16-18(17)2)31-24(25-21)27(13-6-12-26(3)4)23(28)11-14-30-20-9-7-19(29-5)8-10-20;/h7-10,15-16H,6,11-14H2,1-5H3;1H. The van der Waals surface area contributed by atoms with Gasteiger partial charge in [0.05, 0.1) is 17.3 Å². The largest absolute Gasteiger partial charge is 0.497 e. The fraction of sp³-hybridized carbons (Fsp3) is 0.417. The fourth-order valence-corrected chi connectivity index (χ4v) is 5.15. The van der Waals surface area contributed by atoms with Crippen LogP contribution >= 0.6 is 35.5 Å². The predicted octanol–water partition coefficient (Wildman–Crippen LogP) is 5.81. The Morgan fingerprint density at radius 2 is 1.78 bits per heavy atom. The Labute approximate surface area is 205 Å². The lowest BCUT2D eigenvalue weighted by molar-refractivity contribution is -0.118. The molecule has 0 radical (unpaired) electrons. The fourth-order valence-electron chi connectivity index (χ4n) is 3.22. The van der Waals surface area contributed by atoms with Gasteiger partial charge < -0.3 is 9.64 Å². The van der Waals surface area contributed by atoms with Crippen molar-refractivity contribution in [1.82, 2.24) is 9.88 Å². The number of hydrogen-bond donors (Lipinski definition) is 0. The molecule has 0 saturated heterocycles. The van der Waals surface area contributed by atoms with Crippen molar-refractivity contribution < 1.29 is 9.53 Å². The highest BCUT2D eigenvalue weighted by molar-refractivity contribution is 7.99. The van der Waals surface area contributed by atoms with E-state index in [4.69, 9.17) is 9.72 Å². The summed E-state index contributed by atoms with van der Waals surface area (Å²) in [4.78, 5) is 23.1. The van der Waals surface area contributed by atoms with Crippen molar-refractivity contribution >= 4 is 56.8 Å². The Bertz CT molecular complexity index is 983. The third-order valence-electron chi connectivity index (χ3n) is 5.16. The zero-order valence-electron chi connectivity index (χ0n) is 19.4. The van der Waals surface area contributed by atoms with Crippen molar-refractivity contribution in [3.8, 4) is 5.75 Å². The van der Waals surface area contributed by atoms with E-state index in [1.807, 2.05) is 29.2 Å². The van der Waals surface area contributed by atoms with Crippen LogP contribution in [0.1, 0.15) is 24.0 Å². The van der Waals surface area contributed by atoms with Gasteiger partial charge in [0.25, 0.3) is 0 Å². The van der Waals surface area contributed by atoms with Gasteiger partial charge in [-0.2, -0.15) is 0 Å². The van der Waals surface area contributed by atoms with Gasteiger partial charge in [-0.3, -0.25) is 9.69 Å². The smallest absolute Gasteiger partial charge is 0.229 e. The van der Waals surface area contributed by atoms with Gasteiger partial charge in [-0.15, -0.1) is 24.2 Å². The second-order valence-corrected chi connectivity index (χ2v) is 10.1. The van der Waals surface area contributed by atoms with Crippen molar-refractivity contribution in [1.29, 1.82) is 0 Å². The Morgan fingerprint density at radius 1 is 1.09 bits per heavy atom. The number of anilines is 1. The lowest BCUT2D eigenvalue weighted by Gasteiger charge is -2.21. The van der Waals surface area contributed by atoms with E-state index in [1.165, 1.54) is 11.1 Å². The van der Waals surface area contributed by atoms with Crippen molar-refractivity contribution in [2.75, 3.05) is 44.9 Å². The monoisotopic (exact) mass is 493 g/mol. The molecule has 3 aromatic rings. The van der Waals surface area contributed by atoms with Crippen LogP contribution in [0.3, 0.4) is 0 Å². The number of carbonyl (C=O) groups excluding carboxylic acids is 1. The van der Waals surface area contributed by atoms with Crippen molar-refractivity contribution in [3.63, 3.8) is 0 Å². The number of aromatic nitrogens is 1. The first-order chi connectivity index (χ1) is 14.9. The highest BCUT2D eigenvalue weighted by Crippen LogP contribution is 2.31. The second-order valence-electron chi connectivity index (χ2n) is 7.88. The molecule has 2 aromatic carbocycles. The first-order valence-electron chi connectivity index (χ1n) is 10.5. The van der Waals surface area contributed by atoms with E-state index >= 15 is 0 Å². The van der Waals surface area contributed by atoms with Crippen LogP contribution in [0, 0.1) is 13.8 Å². The van der Waals surface area contributed by atoms with Gasteiger partial charge in [0, 0.05) is 23.6 Å². The SMILES string of the molecule is COc1ccc(SCCC(=O)N(CCCN(C)C)c2nc3cc(C)c(C)cc3s2)cc1.Cl. The number of benzene rings is 2.